The van der Waals surface area contributed by atoms with Gasteiger partial charge in [0.1, 0.15) is 0 Å². The Morgan fingerprint density at radius 1 is 0.925 bits per heavy atom. The van der Waals surface area contributed by atoms with Crippen molar-refractivity contribution in [3.05, 3.63) is 11.6 Å². The summed E-state index contributed by atoms with van der Waals surface area (Å²) in [5.74, 6) is 1.05. The van der Waals surface area contributed by atoms with Gasteiger partial charge in [0.2, 0.25) is 0 Å². The summed E-state index contributed by atoms with van der Waals surface area (Å²) in [5.41, 5.74) is 0.570. The predicted molar refractivity (Wildman–Crippen MR) is 157 cm³/mol. The molecular formula is C35H55NO4. The normalized spacial score (nSPS) is 49.9. The number of carbonyl (C=O) groups is 2. The van der Waals surface area contributed by atoms with Gasteiger partial charge in [-0.1, -0.05) is 54.0 Å². The number of aliphatic hydroxyl groups excluding tert-OH is 1. The monoisotopic (exact) mass is 553 g/mol. The van der Waals surface area contributed by atoms with E-state index in [4.69, 9.17) is 4.84 Å². The second-order valence-electron chi connectivity index (χ2n) is 17.0. The Labute approximate surface area is 242 Å². The van der Waals surface area contributed by atoms with E-state index in [-0.39, 0.29) is 57.0 Å². The van der Waals surface area contributed by atoms with Gasteiger partial charge in [-0.2, -0.15) is 0 Å². The number of hydrogen-bond acceptors (Lipinski definition) is 4. The Hall–Kier alpha value is -1.20. The van der Waals surface area contributed by atoms with Gasteiger partial charge < -0.3 is 5.11 Å². The van der Waals surface area contributed by atoms with Gasteiger partial charge in [0.05, 0.1) is 19.3 Å². The van der Waals surface area contributed by atoms with Crippen LogP contribution in [0.5, 0.6) is 0 Å². The first kappa shape index (κ1) is 28.9. The zero-order valence-electron chi connectivity index (χ0n) is 26.6. The number of carbonyl (C=O) groups excluding carboxylic acids is 2. The molecule has 0 saturated heterocycles. The van der Waals surface area contributed by atoms with Gasteiger partial charge in [-0.05, 0) is 122 Å². The molecule has 9 atom stereocenters. The Kier molecular flexibility index (Phi) is 6.44. The Morgan fingerprint density at radius 2 is 1.60 bits per heavy atom. The maximum atomic E-state index is 14.5. The van der Waals surface area contributed by atoms with Gasteiger partial charge in [0.15, 0.2) is 5.78 Å². The van der Waals surface area contributed by atoms with Crippen LogP contribution in [0, 0.1) is 50.2 Å². The molecule has 0 bridgehead atoms. The summed E-state index contributed by atoms with van der Waals surface area (Å²) in [6.07, 6.45) is 13.9. The highest BCUT2D eigenvalue weighted by atomic mass is 16.7. The van der Waals surface area contributed by atoms with Crippen LogP contribution in [-0.4, -0.2) is 41.1 Å². The van der Waals surface area contributed by atoms with Crippen molar-refractivity contribution in [2.75, 3.05) is 7.11 Å². The Morgan fingerprint density at radius 3 is 2.23 bits per heavy atom. The number of fused-ring (bicyclic) bond motifs is 7. The van der Waals surface area contributed by atoms with E-state index in [2.05, 4.69) is 54.5 Å². The van der Waals surface area contributed by atoms with E-state index in [0.717, 1.165) is 77.0 Å². The van der Waals surface area contributed by atoms with Crippen molar-refractivity contribution in [3.63, 3.8) is 0 Å². The first-order chi connectivity index (χ1) is 18.6. The predicted octanol–water partition coefficient (Wildman–Crippen LogP) is 7.27. The number of aliphatic hydroxyl groups is 1. The summed E-state index contributed by atoms with van der Waals surface area (Å²) in [5, 5.41) is 12.7. The highest BCUT2D eigenvalue weighted by molar-refractivity contribution is 5.95. The smallest absolute Gasteiger partial charge is 0.252 e. The molecule has 0 aromatic rings. The van der Waals surface area contributed by atoms with Crippen molar-refractivity contribution < 1.29 is 19.5 Å². The maximum Gasteiger partial charge on any atom is 0.252 e. The van der Waals surface area contributed by atoms with Gasteiger partial charge in [-0.15, -0.1) is 0 Å². The lowest BCUT2D eigenvalue weighted by molar-refractivity contribution is -0.213. The zero-order chi connectivity index (χ0) is 29.1. The summed E-state index contributed by atoms with van der Waals surface area (Å²) < 4.78 is 0. The van der Waals surface area contributed by atoms with E-state index in [1.807, 2.05) is 0 Å². The summed E-state index contributed by atoms with van der Waals surface area (Å²) in [6.45, 7) is 16.4. The molecule has 0 heterocycles. The van der Waals surface area contributed by atoms with Crippen molar-refractivity contribution in [2.45, 2.75) is 138 Å². The topological polar surface area (TPSA) is 66.8 Å². The number of nitrogens with zero attached hydrogens (tertiary/aromatic N) is 1. The van der Waals surface area contributed by atoms with Crippen molar-refractivity contribution in [1.82, 2.24) is 5.06 Å². The molecule has 6 aliphatic rings. The minimum atomic E-state index is -0.469. The highest BCUT2D eigenvalue weighted by Gasteiger charge is 2.70. The third-order valence-electron chi connectivity index (χ3n) is 14.9. The summed E-state index contributed by atoms with van der Waals surface area (Å²) in [4.78, 5) is 34.3. The molecule has 0 aromatic carbocycles. The van der Waals surface area contributed by atoms with Crippen molar-refractivity contribution in [2.24, 2.45) is 50.2 Å². The average molecular weight is 554 g/mol. The zero-order valence-corrected chi connectivity index (χ0v) is 26.6. The van der Waals surface area contributed by atoms with Crippen LogP contribution < -0.4 is 0 Å². The van der Waals surface area contributed by atoms with E-state index in [1.165, 1.54) is 5.57 Å². The quantitative estimate of drug-likeness (QED) is 0.373. The largest absolute Gasteiger partial charge is 0.393 e. The fourth-order valence-electron chi connectivity index (χ4n) is 11.6. The molecular weight excluding hydrogens is 498 g/mol. The lowest BCUT2D eigenvalue weighted by atomic mass is 9.33. The lowest BCUT2D eigenvalue weighted by Crippen LogP contribution is -2.66. The SMILES string of the molecule is CON(C(=O)[C@@]1(C)CC[C@]2(C)CC[C@]3(C)C(=CC(=O)[C@@H]4[C@@]5(C)CC[C@H](O)C(C)(C)C5CC[C@]43C)[C@@H]2C1)C1CCC1. The van der Waals surface area contributed by atoms with Gasteiger partial charge >= 0.3 is 0 Å². The standard InChI is InChI=1S/C35H55NO4/c1-30(2)26-12-15-35(7)28(33(26,5)14-13-27(30)38)25(37)20-23-24-21-32(4,29(39)36(40-8)22-10-9-11-22)17-16-31(24,3)18-19-34(23,35)6/h20,22,24,26-28,38H,9-19,21H2,1-8H3/t24-,26?,27-,28+,31+,32-,33-,34+,35+/m0/s1. The first-order valence-electron chi connectivity index (χ1n) is 16.4. The van der Waals surface area contributed by atoms with E-state index in [1.54, 1.807) is 12.2 Å². The van der Waals surface area contributed by atoms with Gasteiger partial charge in [-0.3, -0.25) is 14.4 Å². The fourth-order valence-corrected chi connectivity index (χ4v) is 11.6. The maximum absolute atomic E-state index is 14.5. The van der Waals surface area contributed by atoms with Crippen LogP contribution in [0.4, 0.5) is 0 Å². The molecule has 1 N–H and O–H groups in total. The van der Waals surface area contributed by atoms with Crippen LogP contribution in [0.2, 0.25) is 0 Å². The van der Waals surface area contributed by atoms with E-state index in [9.17, 15) is 14.7 Å². The molecule has 6 aliphatic carbocycles. The van der Waals surface area contributed by atoms with Gasteiger partial charge in [0.25, 0.3) is 5.91 Å². The minimum Gasteiger partial charge on any atom is -0.393 e. The molecule has 6 rings (SSSR count). The second-order valence-corrected chi connectivity index (χ2v) is 17.0. The Bertz CT molecular complexity index is 1120. The third kappa shape index (κ3) is 3.58. The van der Waals surface area contributed by atoms with Crippen molar-refractivity contribution in [3.8, 4) is 0 Å². The molecule has 5 heteroatoms. The molecule has 5 saturated carbocycles. The molecule has 0 spiro atoms. The summed E-state index contributed by atoms with van der Waals surface area (Å²) in [6, 6.07) is 0.212. The fraction of sp³-hybridized carbons (Fsp3) is 0.886. The highest BCUT2D eigenvalue weighted by Crippen LogP contribution is 2.75. The molecule has 224 valence electrons. The first-order valence-corrected chi connectivity index (χ1v) is 16.4. The van der Waals surface area contributed by atoms with Crippen LogP contribution in [0.25, 0.3) is 0 Å². The summed E-state index contributed by atoms with van der Waals surface area (Å²) >= 11 is 0. The molecule has 0 aliphatic heterocycles. The number of amides is 1. The van der Waals surface area contributed by atoms with E-state index < -0.39 is 5.41 Å². The average Bonchev–Trinajstić information content (AvgIpc) is 2.85. The molecule has 0 radical (unpaired) electrons. The Balaban J connectivity index is 1.39. The third-order valence-corrected chi connectivity index (χ3v) is 14.9. The number of hydroxylamine groups is 2. The molecule has 40 heavy (non-hydrogen) atoms. The van der Waals surface area contributed by atoms with Gasteiger partial charge in [0, 0.05) is 11.3 Å². The molecule has 5 fully saturated rings. The van der Waals surface area contributed by atoms with Crippen molar-refractivity contribution in [1.29, 1.82) is 0 Å². The number of hydrogen-bond donors (Lipinski definition) is 1. The van der Waals surface area contributed by atoms with Crippen LogP contribution in [0.15, 0.2) is 11.6 Å². The van der Waals surface area contributed by atoms with Crippen molar-refractivity contribution >= 4 is 11.7 Å². The van der Waals surface area contributed by atoms with Crippen LogP contribution in [-0.2, 0) is 14.4 Å². The van der Waals surface area contributed by atoms with E-state index >= 15 is 0 Å². The van der Waals surface area contributed by atoms with Crippen LogP contribution >= 0.6 is 0 Å². The summed E-state index contributed by atoms with van der Waals surface area (Å²) in [7, 11) is 1.65. The second kappa shape index (κ2) is 8.91. The molecule has 1 amide bonds. The van der Waals surface area contributed by atoms with Crippen LogP contribution in [0.3, 0.4) is 0 Å². The minimum absolute atomic E-state index is 0.0113. The number of allylic oxidation sites excluding steroid dienone is 2. The van der Waals surface area contributed by atoms with Gasteiger partial charge in [-0.25, -0.2) is 5.06 Å². The molecule has 5 nitrogen and oxygen atoms in total. The number of ketones is 1. The molecule has 1 unspecified atom stereocenters. The van der Waals surface area contributed by atoms with E-state index in [0.29, 0.717) is 11.7 Å². The molecule has 0 aromatic heterocycles. The van der Waals surface area contributed by atoms with Crippen LogP contribution in [0.1, 0.15) is 126 Å². The number of rotatable bonds is 3. The lowest BCUT2D eigenvalue weighted by Gasteiger charge is -2.70.